The fourth-order valence-electron chi connectivity index (χ4n) is 2.60. The zero-order chi connectivity index (χ0) is 18.0. The van der Waals surface area contributed by atoms with Gasteiger partial charge in [-0.3, -0.25) is 14.2 Å². The summed E-state index contributed by atoms with van der Waals surface area (Å²) < 4.78 is 6.41. The van der Waals surface area contributed by atoms with E-state index in [4.69, 9.17) is 4.42 Å². The van der Waals surface area contributed by atoms with Crippen LogP contribution in [0, 0.1) is 6.92 Å². The first-order valence-electron chi connectivity index (χ1n) is 7.86. The number of rotatable bonds is 5. The average Bonchev–Trinajstić information content (AvgIpc) is 3.12. The fraction of sp³-hybridized carbons (Fsp3) is 0.278. The SMILES string of the molecule is Cc1cccc2c(=O)n(CC(=O)NCC(C)(O)c3ccco3)cnc12. The Morgan fingerprint density at radius 2 is 2.16 bits per heavy atom. The normalized spacial score (nSPS) is 13.6. The van der Waals surface area contributed by atoms with E-state index in [2.05, 4.69) is 10.3 Å². The molecule has 2 aromatic heterocycles. The maximum atomic E-state index is 12.5. The monoisotopic (exact) mass is 341 g/mol. The lowest BCUT2D eigenvalue weighted by atomic mass is 10.0. The number of hydrogen-bond acceptors (Lipinski definition) is 5. The number of amides is 1. The van der Waals surface area contributed by atoms with Gasteiger partial charge in [-0.05, 0) is 37.6 Å². The lowest BCUT2D eigenvalue weighted by Gasteiger charge is -2.21. The molecule has 1 atom stereocenters. The minimum atomic E-state index is -1.33. The Labute approximate surface area is 143 Å². The van der Waals surface area contributed by atoms with E-state index in [0.717, 1.165) is 5.56 Å². The predicted octanol–water partition coefficient (Wildman–Crippen LogP) is 1.32. The molecule has 1 unspecified atom stereocenters. The molecule has 2 N–H and O–H groups in total. The van der Waals surface area contributed by atoms with Crippen molar-refractivity contribution in [2.75, 3.05) is 6.54 Å². The van der Waals surface area contributed by atoms with Crippen LogP contribution in [0.3, 0.4) is 0 Å². The first-order valence-corrected chi connectivity index (χ1v) is 7.86. The summed E-state index contributed by atoms with van der Waals surface area (Å²) in [6, 6.07) is 8.64. The van der Waals surface area contributed by atoms with E-state index in [1.165, 1.54) is 17.2 Å². The summed E-state index contributed by atoms with van der Waals surface area (Å²) in [5.41, 5.74) is -0.0738. The van der Waals surface area contributed by atoms with Gasteiger partial charge in [-0.2, -0.15) is 0 Å². The molecule has 1 amide bonds. The maximum Gasteiger partial charge on any atom is 0.261 e. The molecule has 1 aromatic carbocycles. The molecular formula is C18H19N3O4. The molecule has 0 saturated heterocycles. The van der Waals surface area contributed by atoms with Crippen LogP contribution in [-0.2, 0) is 16.9 Å². The topological polar surface area (TPSA) is 97.4 Å². The number of aliphatic hydroxyl groups is 1. The van der Waals surface area contributed by atoms with Gasteiger partial charge in [0.05, 0.1) is 30.0 Å². The number of carbonyl (C=O) groups is 1. The third kappa shape index (κ3) is 3.46. The lowest BCUT2D eigenvalue weighted by molar-refractivity contribution is -0.123. The second-order valence-electron chi connectivity index (χ2n) is 6.18. The van der Waals surface area contributed by atoms with E-state index in [9.17, 15) is 14.7 Å². The summed E-state index contributed by atoms with van der Waals surface area (Å²) in [6.45, 7) is 3.21. The molecule has 2 heterocycles. The number of nitrogens with zero attached hydrogens (tertiary/aromatic N) is 2. The highest BCUT2D eigenvalue weighted by atomic mass is 16.4. The van der Waals surface area contributed by atoms with Gasteiger partial charge in [-0.15, -0.1) is 0 Å². The van der Waals surface area contributed by atoms with Crippen LogP contribution in [0.25, 0.3) is 10.9 Å². The molecule has 130 valence electrons. The molecule has 0 radical (unpaired) electrons. The molecule has 0 aliphatic heterocycles. The first-order chi connectivity index (χ1) is 11.9. The van der Waals surface area contributed by atoms with E-state index < -0.39 is 11.5 Å². The van der Waals surface area contributed by atoms with Gasteiger partial charge in [-0.25, -0.2) is 4.98 Å². The number of para-hydroxylation sites is 1. The predicted molar refractivity (Wildman–Crippen MR) is 92.0 cm³/mol. The number of fused-ring (bicyclic) bond motifs is 1. The van der Waals surface area contributed by atoms with Crippen molar-refractivity contribution in [2.24, 2.45) is 0 Å². The van der Waals surface area contributed by atoms with Crippen molar-refractivity contribution in [3.05, 3.63) is 64.6 Å². The van der Waals surface area contributed by atoms with E-state index in [1.54, 1.807) is 31.2 Å². The Morgan fingerprint density at radius 1 is 1.36 bits per heavy atom. The van der Waals surface area contributed by atoms with Crippen LogP contribution in [0.5, 0.6) is 0 Å². The summed E-state index contributed by atoms with van der Waals surface area (Å²) in [4.78, 5) is 28.9. The van der Waals surface area contributed by atoms with Gasteiger partial charge in [0.15, 0.2) is 0 Å². The third-order valence-corrected chi connectivity index (χ3v) is 4.05. The minimum Gasteiger partial charge on any atom is -0.466 e. The fourth-order valence-corrected chi connectivity index (χ4v) is 2.60. The van der Waals surface area contributed by atoms with Gasteiger partial charge in [0.1, 0.15) is 17.9 Å². The highest BCUT2D eigenvalue weighted by molar-refractivity contribution is 5.81. The van der Waals surface area contributed by atoms with Crippen LogP contribution < -0.4 is 10.9 Å². The standard InChI is InChI=1S/C18H19N3O4/c1-12-5-3-6-13-16(12)20-11-21(17(13)23)9-15(22)19-10-18(2,24)14-7-4-8-25-14/h3-8,11,24H,9-10H2,1-2H3,(H,19,22). The maximum absolute atomic E-state index is 12.5. The average molecular weight is 341 g/mol. The number of furan rings is 1. The number of aromatic nitrogens is 2. The van der Waals surface area contributed by atoms with Crippen molar-refractivity contribution in [3.63, 3.8) is 0 Å². The molecule has 7 nitrogen and oxygen atoms in total. The Bertz CT molecular complexity index is 958. The highest BCUT2D eigenvalue weighted by Crippen LogP contribution is 2.19. The van der Waals surface area contributed by atoms with Crippen molar-refractivity contribution >= 4 is 16.8 Å². The van der Waals surface area contributed by atoms with Crippen molar-refractivity contribution < 1.29 is 14.3 Å². The van der Waals surface area contributed by atoms with Crippen LogP contribution in [0.15, 0.2) is 52.1 Å². The number of aryl methyl sites for hydroxylation is 1. The molecular weight excluding hydrogens is 322 g/mol. The third-order valence-electron chi connectivity index (χ3n) is 4.05. The summed E-state index contributed by atoms with van der Waals surface area (Å²) in [5, 5.41) is 13.4. The van der Waals surface area contributed by atoms with E-state index in [-0.39, 0.29) is 18.6 Å². The quantitative estimate of drug-likeness (QED) is 0.729. The van der Waals surface area contributed by atoms with Crippen LogP contribution in [0.1, 0.15) is 18.2 Å². The van der Waals surface area contributed by atoms with Gasteiger partial charge in [0.2, 0.25) is 5.91 Å². The Morgan fingerprint density at radius 3 is 2.88 bits per heavy atom. The van der Waals surface area contributed by atoms with Crippen LogP contribution in [0.4, 0.5) is 0 Å². The molecule has 0 bridgehead atoms. The Hall–Kier alpha value is -2.93. The van der Waals surface area contributed by atoms with Crippen molar-refractivity contribution in [1.82, 2.24) is 14.9 Å². The Balaban J connectivity index is 1.72. The van der Waals surface area contributed by atoms with Gasteiger partial charge in [-0.1, -0.05) is 12.1 Å². The van der Waals surface area contributed by atoms with Crippen molar-refractivity contribution in [2.45, 2.75) is 26.0 Å². The number of nitrogens with one attached hydrogen (secondary N) is 1. The first kappa shape index (κ1) is 16.9. The zero-order valence-electron chi connectivity index (χ0n) is 14.0. The van der Waals surface area contributed by atoms with Gasteiger partial charge < -0.3 is 14.8 Å². The molecule has 0 aliphatic rings. The summed E-state index contributed by atoms with van der Waals surface area (Å²) in [7, 11) is 0. The molecule has 3 aromatic rings. The molecule has 0 saturated carbocycles. The molecule has 0 aliphatic carbocycles. The molecule has 25 heavy (non-hydrogen) atoms. The van der Waals surface area contributed by atoms with Crippen LogP contribution in [0.2, 0.25) is 0 Å². The van der Waals surface area contributed by atoms with Crippen molar-refractivity contribution in [3.8, 4) is 0 Å². The van der Waals surface area contributed by atoms with E-state index in [0.29, 0.717) is 16.7 Å². The number of benzene rings is 1. The largest absolute Gasteiger partial charge is 0.466 e. The van der Waals surface area contributed by atoms with Gasteiger partial charge in [0.25, 0.3) is 5.56 Å². The lowest BCUT2D eigenvalue weighted by Crippen LogP contribution is -2.40. The number of hydrogen-bond donors (Lipinski definition) is 2. The highest BCUT2D eigenvalue weighted by Gasteiger charge is 2.26. The molecule has 3 rings (SSSR count). The summed E-state index contributed by atoms with van der Waals surface area (Å²) in [6.07, 6.45) is 2.82. The zero-order valence-corrected chi connectivity index (χ0v) is 14.0. The van der Waals surface area contributed by atoms with Gasteiger partial charge >= 0.3 is 0 Å². The second kappa shape index (κ2) is 6.52. The molecule has 7 heteroatoms. The van der Waals surface area contributed by atoms with Crippen LogP contribution in [-0.4, -0.2) is 27.1 Å². The van der Waals surface area contributed by atoms with Crippen molar-refractivity contribution in [1.29, 1.82) is 0 Å². The van der Waals surface area contributed by atoms with E-state index >= 15 is 0 Å². The van der Waals surface area contributed by atoms with Crippen LogP contribution >= 0.6 is 0 Å². The number of carbonyl (C=O) groups excluding carboxylic acids is 1. The summed E-state index contributed by atoms with van der Waals surface area (Å²) >= 11 is 0. The molecule has 0 fully saturated rings. The summed E-state index contributed by atoms with van der Waals surface area (Å²) in [5.74, 6) is -0.0458. The van der Waals surface area contributed by atoms with E-state index in [1.807, 2.05) is 13.0 Å². The smallest absolute Gasteiger partial charge is 0.261 e. The minimum absolute atomic E-state index is 0.0335. The second-order valence-corrected chi connectivity index (χ2v) is 6.18. The Kier molecular flexibility index (Phi) is 4.41. The molecule has 0 spiro atoms. The van der Waals surface area contributed by atoms with Gasteiger partial charge in [0, 0.05) is 0 Å².